The zero-order valence-corrected chi connectivity index (χ0v) is 16.1. The molecule has 2 aromatic carbocycles. The average molecular weight is 401 g/mol. The van der Waals surface area contributed by atoms with Gasteiger partial charge in [-0.05, 0) is 54.5 Å². The van der Waals surface area contributed by atoms with Crippen LogP contribution in [-0.4, -0.2) is 23.5 Å². The molecular formula is C20H17ClN2O3S. The number of rotatable bonds is 5. The maximum atomic E-state index is 12.9. The molecule has 1 N–H and O–H groups in total. The van der Waals surface area contributed by atoms with E-state index >= 15 is 0 Å². The zero-order chi connectivity index (χ0) is 19.4. The van der Waals surface area contributed by atoms with Gasteiger partial charge in [-0.15, -0.1) is 0 Å². The second-order valence-corrected chi connectivity index (χ2v) is 6.63. The summed E-state index contributed by atoms with van der Waals surface area (Å²) in [7, 11) is 0. The number of benzene rings is 2. The first-order valence-electron chi connectivity index (χ1n) is 8.40. The molecule has 0 saturated carbocycles. The fraction of sp³-hybridized carbons (Fsp3) is 0.150. The standard InChI is InChI=1S/C20H17ClN2O3S/c1-2-10-26-17-9-8-13(12-16(17)21)11-15-18(24)22-20(27)23(19(15)25)14-6-4-3-5-7-14/h3-9,11-12H,2,10H2,1H3,(H,22,24,27)/b15-11-. The highest BCUT2D eigenvalue weighted by Crippen LogP contribution is 2.28. The maximum Gasteiger partial charge on any atom is 0.270 e. The van der Waals surface area contributed by atoms with Gasteiger partial charge in [-0.1, -0.05) is 42.8 Å². The molecule has 1 fully saturated rings. The number of halogens is 1. The molecule has 0 radical (unpaired) electrons. The Labute approximate surface area is 167 Å². The van der Waals surface area contributed by atoms with E-state index in [-0.39, 0.29) is 10.7 Å². The summed E-state index contributed by atoms with van der Waals surface area (Å²) in [5.74, 6) is -0.468. The van der Waals surface area contributed by atoms with Gasteiger partial charge in [-0.2, -0.15) is 0 Å². The van der Waals surface area contributed by atoms with Gasteiger partial charge in [0.05, 0.1) is 17.3 Å². The van der Waals surface area contributed by atoms with Crippen LogP contribution in [0.2, 0.25) is 5.02 Å². The highest BCUT2D eigenvalue weighted by molar-refractivity contribution is 7.80. The molecule has 27 heavy (non-hydrogen) atoms. The summed E-state index contributed by atoms with van der Waals surface area (Å²) in [6.45, 7) is 2.56. The first kappa shape index (κ1) is 19.1. The van der Waals surface area contributed by atoms with Gasteiger partial charge in [-0.25, -0.2) is 0 Å². The summed E-state index contributed by atoms with van der Waals surface area (Å²) in [6.07, 6.45) is 2.36. The molecule has 1 aliphatic heterocycles. The van der Waals surface area contributed by atoms with E-state index in [9.17, 15) is 9.59 Å². The highest BCUT2D eigenvalue weighted by Gasteiger charge is 2.34. The third-order valence-corrected chi connectivity index (χ3v) is 4.42. The molecule has 0 unspecified atom stereocenters. The topological polar surface area (TPSA) is 58.6 Å². The van der Waals surface area contributed by atoms with Crippen molar-refractivity contribution in [2.45, 2.75) is 13.3 Å². The number of nitrogens with one attached hydrogen (secondary N) is 1. The molecule has 0 aliphatic carbocycles. The minimum Gasteiger partial charge on any atom is -0.492 e. The van der Waals surface area contributed by atoms with Crippen LogP contribution in [0.1, 0.15) is 18.9 Å². The van der Waals surface area contributed by atoms with E-state index in [2.05, 4.69) is 5.32 Å². The van der Waals surface area contributed by atoms with Crippen LogP contribution in [0.3, 0.4) is 0 Å². The van der Waals surface area contributed by atoms with Crippen molar-refractivity contribution >= 4 is 52.5 Å². The van der Waals surface area contributed by atoms with Gasteiger partial charge in [0.15, 0.2) is 5.11 Å². The lowest BCUT2D eigenvalue weighted by Crippen LogP contribution is -2.54. The van der Waals surface area contributed by atoms with Crippen LogP contribution in [0.5, 0.6) is 5.75 Å². The fourth-order valence-corrected chi connectivity index (χ4v) is 3.10. The largest absolute Gasteiger partial charge is 0.492 e. The minimum atomic E-state index is -0.542. The Balaban J connectivity index is 1.92. The van der Waals surface area contributed by atoms with E-state index in [4.69, 9.17) is 28.6 Å². The van der Waals surface area contributed by atoms with Crippen LogP contribution in [0.4, 0.5) is 5.69 Å². The van der Waals surface area contributed by atoms with Crippen LogP contribution in [0, 0.1) is 0 Å². The van der Waals surface area contributed by atoms with Crippen molar-refractivity contribution in [3.05, 3.63) is 64.7 Å². The molecule has 5 nitrogen and oxygen atoms in total. The molecule has 1 saturated heterocycles. The zero-order valence-electron chi connectivity index (χ0n) is 14.6. The lowest BCUT2D eigenvalue weighted by molar-refractivity contribution is -0.122. The summed E-state index contributed by atoms with van der Waals surface area (Å²) in [5.41, 5.74) is 1.17. The molecule has 7 heteroatoms. The second kappa shape index (κ2) is 8.33. The van der Waals surface area contributed by atoms with Crippen LogP contribution in [0.25, 0.3) is 6.08 Å². The number of amides is 2. The van der Waals surface area contributed by atoms with Gasteiger partial charge >= 0.3 is 0 Å². The van der Waals surface area contributed by atoms with Crippen molar-refractivity contribution in [2.75, 3.05) is 11.5 Å². The van der Waals surface area contributed by atoms with Crippen molar-refractivity contribution in [1.29, 1.82) is 0 Å². The van der Waals surface area contributed by atoms with Gasteiger partial charge in [0, 0.05) is 0 Å². The molecule has 1 heterocycles. The van der Waals surface area contributed by atoms with Gasteiger partial charge in [0.25, 0.3) is 11.8 Å². The summed E-state index contributed by atoms with van der Waals surface area (Å²) >= 11 is 11.4. The number of ether oxygens (including phenoxy) is 1. The number of hydrogen-bond acceptors (Lipinski definition) is 4. The molecule has 0 atom stereocenters. The quantitative estimate of drug-likeness (QED) is 0.469. The molecule has 0 aromatic heterocycles. The number of hydrogen-bond donors (Lipinski definition) is 1. The Bertz CT molecular complexity index is 928. The van der Waals surface area contributed by atoms with Crippen molar-refractivity contribution < 1.29 is 14.3 Å². The lowest BCUT2D eigenvalue weighted by atomic mass is 10.1. The van der Waals surface area contributed by atoms with E-state index < -0.39 is 11.8 Å². The normalized spacial score (nSPS) is 15.9. The predicted octanol–water partition coefficient (Wildman–Crippen LogP) is 3.96. The van der Waals surface area contributed by atoms with Crippen LogP contribution < -0.4 is 15.0 Å². The minimum absolute atomic E-state index is 0.0225. The molecule has 0 spiro atoms. The van der Waals surface area contributed by atoms with Gasteiger partial charge < -0.3 is 4.74 Å². The number of carbonyl (C=O) groups is 2. The Hall–Kier alpha value is -2.70. The Morgan fingerprint density at radius 2 is 1.93 bits per heavy atom. The number of nitrogens with zero attached hydrogens (tertiary/aromatic N) is 1. The number of thiocarbonyl (C=S) groups is 1. The van der Waals surface area contributed by atoms with E-state index in [1.807, 2.05) is 13.0 Å². The summed E-state index contributed by atoms with van der Waals surface area (Å²) in [5, 5.41) is 3.02. The fourth-order valence-electron chi connectivity index (χ4n) is 2.57. The number of carbonyl (C=O) groups excluding carboxylic acids is 2. The van der Waals surface area contributed by atoms with E-state index in [1.54, 1.807) is 42.5 Å². The summed E-state index contributed by atoms with van der Waals surface area (Å²) in [4.78, 5) is 26.5. The first-order chi connectivity index (χ1) is 13.0. The Kier molecular flexibility index (Phi) is 5.88. The van der Waals surface area contributed by atoms with E-state index in [1.165, 1.54) is 11.0 Å². The Morgan fingerprint density at radius 1 is 1.19 bits per heavy atom. The smallest absolute Gasteiger partial charge is 0.270 e. The van der Waals surface area contributed by atoms with Crippen molar-refractivity contribution in [2.24, 2.45) is 0 Å². The van der Waals surface area contributed by atoms with Crippen molar-refractivity contribution in [3.8, 4) is 5.75 Å². The van der Waals surface area contributed by atoms with Crippen molar-refractivity contribution in [1.82, 2.24) is 5.32 Å². The molecule has 1 aliphatic rings. The predicted molar refractivity (Wildman–Crippen MR) is 110 cm³/mol. The third kappa shape index (κ3) is 4.18. The molecule has 3 rings (SSSR count). The monoisotopic (exact) mass is 400 g/mol. The van der Waals surface area contributed by atoms with E-state index in [0.29, 0.717) is 28.6 Å². The van der Waals surface area contributed by atoms with Crippen LogP contribution >= 0.6 is 23.8 Å². The van der Waals surface area contributed by atoms with E-state index in [0.717, 1.165) is 6.42 Å². The van der Waals surface area contributed by atoms with Crippen LogP contribution in [0.15, 0.2) is 54.1 Å². The SMILES string of the molecule is CCCOc1ccc(/C=C2/C(=O)NC(=S)N(c3ccccc3)C2=O)cc1Cl. The number of para-hydroxylation sites is 1. The molecule has 2 aromatic rings. The van der Waals surface area contributed by atoms with Crippen LogP contribution in [-0.2, 0) is 9.59 Å². The summed E-state index contributed by atoms with van der Waals surface area (Å²) in [6, 6.07) is 14.0. The lowest BCUT2D eigenvalue weighted by Gasteiger charge is -2.28. The van der Waals surface area contributed by atoms with Gasteiger partial charge in [-0.3, -0.25) is 19.8 Å². The molecule has 2 amide bonds. The number of anilines is 1. The molecular weight excluding hydrogens is 384 g/mol. The second-order valence-electron chi connectivity index (χ2n) is 5.83. The first-order valence-corrected chi connectivity index (χ1v) is 9.18. The molecule has 0 bridgehead atoms. The van der Waals surface area contributed by atoms with Gasteiger partial charge in [0.1, 0.15) is 11.3 Å². The maximum absolute atomic E-state index is 12.9. The highest BCUT2D eigenvalue weighted by atomic mass is 35.5. The Morgan fingerprint density at radius 3 is 2.59 bits per heavy atom. The third-order valence-electron chi connectivity index (χ3n) is 3.84. The van der Waals surface area contributed by atoms with Gasteiger partial charge in [0.2, 0.25) is 0 Å². The summed E-state index contributed by atoms with van der Waals surface area (Å²) < 4.78 is 5.54. The average Bonchev–Trinajstić information content (AvgIpc) is 2.65. The van der Waals surface area contributed by atoms with Crippen molar-refractivity contribution in [3.63, 3.8) is 0 Å². The molecule has 138 valence electrons.